The van der Waals surface area contributed by atoms with Crippen molar-refractivity contribution in [2.24, 2.45) is 0 Å². The van der Waals surface area contributed by atoms with Crippen LogP contribution in [0.1, 0.15) is 6.92 Å². The summed E-state index contributed by atoms with van der Waals surface area (Å²) in [5.41, 5.74) is 0. The van der Waals surface area contributed by atoms with Gasteiger partial charge in [0.1, 0.15) is 0 Å². The minimum absolute atomic E-state index is 0.0717. The van der Waals surface area contributed by atoms with Gasteiger partial charge in [-0.3, -0.25) is 4.79 Å². The second-order valence-corrected chi connectivity index (χ2v) is 2.96. The van der Waals surface area contributed by atoms with Crippen LogP contribution in [0, 0.1) is 0 Å². The summed E-state index contributed by atoms with van der Waals surface area (Å²) in [6, 6.07) is 3.85. The van der Waals surface area contributed by atoms with Crippen LogP contribution in [0.2, 0.25) is 0 Å². The lowest BCUT2D eigenvalue weighted by Gasteiger charge is -2.10. The Bertz CT molecular complexity index is 218. The summed E-state index contributed by atoms with van der Waals surface area (Å²) in [6.45, 7) is 1.56. The maximum Gasteiger partial charge on any atom is 0.224 e. The molecule has 10 heavy (non-hydrogen) atoms. The van der Waals surface area contributed by atoms with Crippen molar-refractivity contribution in [3.05, 3.63) is 17.5 Å². The predicted octanol–water partition coefficient (Wildman–Crippen LogP) is 1.73. The van der Waals surface area contributed by atoms with Crippen LogP contribution in [0.3, 0.4) is 0 Å². The van der Waals surface area contributed by atoms with Gasteiger partial charge in [0.05, 0.1) is 5.00 Å². The van der Waals surface area contributed by atoms with E-state index in [-0.39, 0.29) is 5.91 Å². The van der Waals surface area contributed by atoms with Crippen molar-refractivity contribution in [2.75, 3.05) is 11.9 Å². The molecule has 0 spiro atoms. The summed E-state index contributed by atoms with van der Waals surface area (Å²) in [5.74, 6) is 0.0717. The number of thiophene rings is 1. The first-order valence-corrected chi connectivity index (χ1v) is 3.87. The second kappa shape index (κ2) is 2.84. The third-order valence-corrected chi connectivity index (χ3v) is 2.25. The number of anilines is 1. The van der Waals surface area contributed by atoms with Crippen LogP contribution in [0.25, 0.3) is 0 Å². The third kappa shape index (κ3) is 1.36. The summed E-state index contributed by atoms with van der Waals surface area (Å²) in [5, 5.41) is 2.95. The molecule has 0 saturated heterocycles. The van der Waals surface area contributed by atoms with E-state index in [0.29, 0.717) is 0 Å². The number of amides is 1. The van der Waals surface area contributed by atoms with Crippen LogP contribution in [-0.4, -0.2) is 13.0 Å². The van der Waals surface area contributed by atoms with E-state index in [1.807, 2.05) is 17.5 Å². The molecule has 0 bridgehead atoms. The van der Waals surface area contributed by atoms with E-state index >= 15 is 0 Å². The van der Waals surface area contributed by atoms with Crippen LogP contribution < -0.4 is 4.90 Å². The number of hydrogen-bond donors (Lipinski definition) is 0. The summed E-state index contributed by atoms with van der Waals surface area (Å²) in [7, 11) is 1.77. The quantitative estimate of drug-likeness (QED) is 0.604. The van der Waals surface area contributed by atoms with Crippen molar-refractivity contribution in [2.45, 2.75) is 6.92 Å². The van der Waals surface area contributed by atoms with Crippen molar-refractivity contribution in [3.8, 4) is 0 Å². The van der Waals surface area contributed by atoms with Gasteiger partial charge in [0, 0.05) is 14.0 Å². The van der Waals surface area contributed by atoms with Gasteiger partial charge in [-0.1, -0.05) is 0 Å². The highest BCUT2D eigenvalue weighted by molar-refractivity contribution is 7.14. The fourth-order valence-corrected chi connectivity index (χ4v) is 1.36. The van der Waals surface area contributed by atoms with E-state index in [0.717, 1.165) is 5.00 Å². The summed E-state index contributed by atoms with van der Waals surface area (Å²) in [4.78, 5) is 12.4. The number of carbonyl (C=O) groups is 1. The van der Waals surface area contributed by atoms with Crippen molar-refractivity contribution < 1.29 is 4.79 Å². The zero-order valence-electron chi connectivity index (χ0n) is 6.00. The lowest BCUT2D eigenvalue weighted by Crippen LogP contribution is -2.21. The molecule has 1 heterocycles. The van der Waals surface area contributed by atoms with Crippen LogP contribution in [0.4, 0.5) is 5.00 Å². The molecule has 0 aromatic carbocycles. The van der Waals surface area contributed by atoms with E-state index in [1.54, 1.807) is 30.2 Å². The molecule has 1 amide bonds. The molecule has 54 valence electrons. The van der Waals surface area contributed by atoms with Crippen molar-refractivity contribution in [3.63, 3.8) is 0 Å². The zero-order valence-corrected chi connectivity index (χ0v) is 6.81. The zero-order chi connectivity index (χ0) is 7.56. The Balaban J connectivity index is 2.77. The monoisotopic (exact) mass is 155 g/mol. The van der Waals surface area contributed by atoms with Gasteiger partial charge in [0.2, 0.25) is 5.91 Å². The second-order valence-electron chi connectivity index (χ2n) is 2.03. The van der Waals surface area contributed by atoms with E-state index in [9.17, 15) is 4.79 Å². The smallest absolute Gasteiger partial charge is 0.224 e. The van der Waals surface area contributed by atoms with Gasteiger partial charge in [-0.25, -0.2) is 0 Å². The number of carbonyl (C=O) groups excluding carboxylic acids is 1. The fraction of sp³-hybridized carbons (Fsp3) is 0.286. The van der Waals surface area contributed by atoms with Gasteiger partial charge in [-0.15, -0.1) is 11.3 Å². The van der Waals surface area contributed by atoms with Crippen LogP contribution in [0.5, 0.6) is 0 Å². The molecular weight excluding hydrogens is 146 g/mol. The highest BCUT2D eigenvalue weighted by atomic mass is 32.1. The number of nitrogens with zero attached hydrogens (tertiary/aromatic N) is 1. The molecule has 0 fully saturated rings. The van der Waals surface area contributed by atoms with Crippen molar-refractivity contribution in [1.29, 1.82) is 0 Å². The first kappa shape index (κ1) is 7.28. The van der Waals surface area contributed by atoms with Crippen LogP contribution >= 0.6 is 11.3 Å². The molecule has 0 aliphatic carbocycles. The van der Waals surface area contributed by atoms with Crippen molar-refractivity contribution >= 4 is 22.2 Å². The molecule has 0 radical (unpaired) electrons. The lowest BCUT2D eigenvalue weighted by atomic mass is 10.5. The molecule has 0 saturated carbocycles. The molecule has 1 aromatic rings. The predicted molar refractivity (Wildman–Crippen MR) is 43.4 cm³/mol. The number of rotatable bonds is 1. The molecule has 3 heteroatoms. The van der Waals surface area contributed by atoms with Crippen LogP contribution in [-0.2, 0) is 4.79 Å². The third-order valence-electron chi connectivity index (χ3n) is 1.31. The van der Waals surface area contributed by atoms with E-state index < -0.39 is 0 Å². The highest BCUT2D eigenvalue weighted by Crippen LogP contribution is 2.19. The molecular formula is C7H9NOS. The van der Waals surface area contributed by atoms with Gasteiger partial charge in [-0.05, 0) is 17.5 Å². The first-order chi connectivity index (χ1) is 4.72. The van der Waals surface area contributed by atoms with E-state index in [2.05, 4.69) is 0 Å². The normalized spacial score (nSPS) is 9.40. The Labute approximate surface area is 64.1 Å². The summed E-state index contributed by atoms with van der Waals surface area (Å²) < 4.78 is 0. The Morgan fingerprint density at radius 2 is 2.40 bits per heavy atom. The van der Waals surface area contributed by atoms with Gasteiger partial charge < -0.3 is 4.90 Å². The molecule has 0 N–H and O–H groups in total. The Hall–Kier alpha value is -0.830. The highest BCUT2D eigenvalue weighted by Gasteiger charge is 2.03. The maximum absolute atomic E-state index is 10.8. The Kier molecular flexibility index (Phi) is 2.06. The minimum atomic E-state index is 0.0717. The van der Waals surface area contributed by atoms with Gasteiger partial charge in [0.15, 0.2) is 0 Å². The van der Waals surface area contributed by atoms with E-state index in [1.165, 1.54) is 0 Å². The molecule has 0 aliphatic heterocycles. The molecule has 0 aliphatic rings. The summed E-state index contributed by atoms with van der Waals surface area (Å²) in [6.07, 6.45) is 0. The average molecular weight is 155 g/mol. The fourth-order valence-electron chi connectivity index (χ4n) is 0.616. The molecule has 0 unspecified atom stereocenters. The minimum Gasteiger partial charge on any atom is -0.307 e. The first-order valence-electron chi connectivity index (χ1n) is 2.99. The van der Waals surface area contributed by atoms with Crippen LogP contribution in [0.15, 0.2) is 17.5 Å². The average Bonchev–Trinajstić information content (AvgIpc) is 2.36. The molecule has 0 atom stereocenters. The lowest BCUT2D eigenvalue weighted by molar-refractivity contribution is -0.116. The van der Waals surface area contributed by atoms with Gasteiger partial charge >= 0.3 is 0 Å². The van der Waals surface area contributed by atoms with Gasteiger partial charge in [-0.2, -0.15) is 0 Å². The SMILES string of the molecule is CC(=O)N(C)c1cccs1. The number of hydrogen-bond acceptors (Lipinski definition) is 2. The van der Waals surface area contributed by atoms with Crippen molar-refractivity contribution in [1.82, 2.24) is 0 Å². The van der Waals surface area contributed by atoms with Gasteiger partial charge in [0.25, 0.3) is 0 Å². The van der Waals surface area contributed by atoms with E-state index in [4.69, 9.17) is 0 Å². The Morgan fingerprint density at radius 3 is 2.80 bits per heavy atom. The topological polar surface area (TPSA) is 20.3 Å². The summed E-state index contributed by atoms with van der Waals surface area (Å²) >= 11 is 1.56. The standard InChI is InChI=1S/C7H9NOS/c1-6(9)8(2)7-4-3-5-10-7/h3-5H,1-2H3. The molecule has 2 nitrogen and oxygen atoms in total. The molecule has 1 aromatic heterocycles. The Morgan fingerprint density at radius 1 is 1.70 bits per heavy atom. The molecule has 1 rings (SSSR count). The maximum atomic E-state index is 10.8. The largest absolute Gasteiger partial charge is 0.307 e.